The lowest BCUT2D eigenvalue weighted by atomic mass is 9.98. The van der Waals surface area contributed by atoms with E-state index in [1.165, 1.54) is 16.6 Å². The van der Waals surface area contributed by atoms with Gasteiger partial charge in [-0.3, -0.25) is 4.79 Å². The largest absolute Gasteiger partial charge is 0.494 e. The number of hydrogen-bond acceptors (Lipinski definition) is 8. The molecule has 31 heavy (non-hydrogen) atoms. The molecule has 0 saturated heterocycles. The third-order valence-corrected chi connectivity index (χ3v) is 7.23. The normalized spacial score (nSPS) is 12.4. The van der Waals surface area contributed by atoms with Gasteiger partial charge in [0.1, 0.15) is 22.1 Å². The summed E-state index contributed by atoms with van der Waals surface area (Å²) in [4.78, 5) is 22.5. The Labute approximate surface area is 188 Å². The summed E-state index contributed by atoms with van der Waals surface area (Å²) in [6, 6.07) is 7.53. The number of aryl methyl sites for hydroxylation is 1. The SMILES string of the molecule is CC[C@H](C)Cc1c(C)sc2nc(CSc3nnnn3-c3ccccc3OC)[nH]c(=O)c12. The summed E-state index contributed by atoms with van der Waals surface area (Å²) >= 11 is 2.99. The molecule has 3 heterocycles. The van der Waals surface area contributed by atoms with Crippen LogP contribution in [0, 0.1) is 12.8 Å². The molecule has 0 fully saturated rings. The standard InChI is InChI=1S/C21H24N6O2S2/c1-5-12(2)10-14-13(3)31-20-18(14)19(28)22-17(23-20)11-30-21-24-25-26-27(21)15-8-6-7-9-16(15)29-4/h6-9,12H,5,10-11H2,1-4H3,(H,22,23,28)/t12-/m0/s1. The van der Waals surface area contributed by atoms with E-state index in [2.05, 4.69) is 41.3 Å². The highest BCUT2D eigenvalue weighted by Gasteiger charge is 2.18. The second-order valence-corrected chi connectivity index (χ2v) is 9.53. The van der Waals surface area contributed by atoms with Crippen LogP contribution in [-0.2, 0) is 12.2 Å². The number of nitrogens with zero attached hydrogens (tertiary/aromatic N) is 5. The Morgan fingerprint density at radius 2 is 2.13 bits per heavy atom. The zero-order chi connectivity index (χ0) is 22.0. The van der Waals surface area contributed by atoms with Gasteiger partial charge in [0.05, 0.1) is 18.2 Å². The van der Waals surface area contributed by atoms with Gasteiger partial charge in [-0.25, -0.2) is 4.98 Å². The smallest absolute Gasteiger partial charge is 0.259 e. The van der Waals surface area contributed by atoms with E-state index < -0.39 is 0 Å². The van der Waals surface area contributed by atoms with Gasteiger partial charge < -0.3 is 9.72 Å². The van der Waals surface area contributed by atoms with Crippen LogP contribution in [0.5, 0.6) is 5.75 Å². The zero-order valence-electron chi connectivity index (χ0n) is 17.9. The molecule has 0 aliphatic carbocycles. The van der Waals surface area contributed by atoms with Crippen molar-refractivity contribution in [2.45, 2.75) is 44.5 Å². The second-order valence-electron chi connectivity index (χ2n) is 7.38. The summed E-state index contributed by atoms with van der Waals surface area (Å²) in [5.74, 6) is 2.25. The maximum absolute atomic E-state index is 12.9. The van der Waals surface area contributed by atoms with Gasteiger partial charge in [0, 0.05) is 4.88 Å². The highest BCUT2D eigenvalue weighted by atomic mass is 32.2. The molecule has 0 saturated carbocycles. The zero-order valence-corrected chi connectivity index (χ0v) is 19.5. The van der Waals surface area contributed by atoms with E-state index >= 15 is 0 Å². The monoisotopic (exact) mass is 456 g/mol. The number of fused-ring (bicyclic) bond motifs is 1. The van der Waals surface area contributed by atoms with Crippen molar-refractivity contribution in [1.82, 2.24) is 30.2 Å². The van der Waals surface area contributed by atoms with Crippen molar-refractivity contribution in [3.63, 3.8) is 0 Å². The summed E-state index contributed by atoms with van der Waals surface area (Å²) in [6.45, 7) is 6.45. The molecule has 0 unspecified atom stereocenters. The number of rotatable bonds is 8. The van der Waals surface area contributed by atoms with E-state index in [1.54, 1.807) is 23.1 Å². The minimum Gasteiger partial charge on any atom is -0.494 e. The molecule has 3 aromatic heterocycles. The van der Waals surface area contributed by atoms with Gasteiger partial charge in [0.2, 0.25) is 5.16 Å². The molecule has 0 aliphatic heterocycles. The third-order valence-electron chi connectivity index (χ3n) is 5.25. The van der Waals surface area contributed by atoms with Gasteiger partial charge in [-0.2, -0.15) is 4.68 Å². The average molecular weight is 457 g/mol. The van der Waals surface area contributed by atoms with Gasteiger partial charge in [0.25, 0.3) is 5.56 Å². The fraction of sp³-hybridized carbons (Fsp3) is 0.381. The Kier molecular flexibility index (Phi) is 6.38. The lowest BCUT2D eigenvalue weighted by molar-refractivity contribution is 0.410. The first kappa shape index (κ1) is 21.5. The van der Waals surface area contributed by atoms with Gasteiger partial charge in [-0.05, 0) is 47.4 Å². The molecular formula is C21H24N6O2S2. The van der Waals surface area contributed by atoms with Crippen LogP contribution in [0.2, 0.25) is 0 Å². The van der Waals surface area contributed by atoms with Gasteiger partial charge >= 0.3 is 0 Å². The van der Waals surface area contributed by atoms with Crippen LogP contribution in [0.3, 0.4) is 0 Å². The Bertz CT molecular complexity index is 1260. The molecule has 1 N–H and O–H groups in total. The van der Waals surface area contributed by atoms with Crippen LogP contribution in [0.15, 0.2) is 34.2 Å². The number of nitrogens with one attached hydrogen (secondary N) is 1. The van der Waals surface area contributed by atoms with E-state index in [1.807, 2.05) is 24.3 Å². The number of ether oxygens (including phenoxy) is 1. The Balaban J connectivity index is 1.60. The molecule has 0 aliphatic rings. The molecule has 162 valence electrons. The maximum Gasteiger partial charge on any atom is 0.259 e. The third kappa shape index (κ3) is 4.35. The molecule has 8 nitrogen and oxygen atoms in total. The molecule has 10 heteroatoms. The summed E-state index contributed by atoms with van der Waals surface area (Å²) in [6.07, 6.45) is 1.98. The van der Waals surface area contributed by atoms with Crippen molar-refractivity contribution in [2.75, 3.05) is 7.11 Å². The molecule has 1 aromatic carbocycles. The molecular weight excluding hydrogens is 432 g/mol. The number of para-hydroxylation sites is 2. The minimum absolute atomic E-state index is 0.0763. The number of thiophene rings is 1. The van der Waals surface area contributed by atoms with E-state index in [4.69, 9.17) is 9.72 Å². The van der Waals surface area contributed by atoms with Crippen molar-refractivity contribution >= 4 is 33.3 Å². The van der Waals surface area contributed by atoms with Crippen LogP contribution in [-0.4, -0.2) is 37.3 Å². The summed E-state index contributed by atoms with van der Waals surface area (Å²) in [5.41, 5.74) is 1.80. The quantitative estimate of drug-likeness (QED) is 0.398. The van der Waals surface area contributed by atoms with Crippen molar-refractivity contribution in [1.29, 1.82) is 0 Å². The second kappa shape index (κ2) is 9.19. The minimum atomic E-state index is -0.0763. The number of tetrazole rings is 1. The summed E-state index contributed by atoms with van der Waals surface area (Å²) in [7, 11) is 1.61. The van der Waals surface area contributed by atoms with Crippen molar-refractivity contribution in [3.05, 3.63) is 50.9 Å². The Hall–Kier alpha value is -2.72. The Morgan fingerprint density at radius 1 is 1.32 bits per heavy atom. The summed E-state index contributed by atoms with van der Waals surface area (Å²) in [5, 5.41) is 13.3. The fourth-order valence-corrected chi connectivity index (χ4v) is 5.21. The lowest BCUT2D eigenvalue weighted by Crippen LogP contribution is -2.12. The first-order chi connectivity index (χ1) is 15.0. The Morgan fingerprint density at radius 3 is 2.90 bits per heavy atom. The van der Waals surface area contributed by atoms with Crippen LogP contribution in [0.25, 0.3) is 15.9 Å². The van der Waals surface area contributed by atoms with Crippen molar-refractivity contribution < 1.29 is 4.74 Å². The number of H-pyrrole nitrogens is 1. The van der Waals surface area contributed by atoms with Crippen molar-refractivity contribution in [3.8, 4) is 11.4 Å². The molecule has 1 atom stereocenters. The molecule has 0 spiro atoms. The predicted molar refractivity (Wildman–Crippen MR) is 123 cm³/mol. The summed E-state index contributed by atoms with van der Waals surface area (Å²) < 4.78 is 7.04. The van der Waals surface area contributed by atoms with E-state index in [9.17, 15) is 4.79 Å². The van der Waals surface area contributed by atoms with E-state index in [-0.39, 0.29) is 5.56 Å². The van der Waals surface area contributed by atoms with Crippen LogP contribution in [0.1, 0.15) is 36.5 Å². The first-order valence-electron chi connectivity index (χ1n) is 10.1. The highest BCUT2D eigenvalue weighted by molar-refractivity contribution is 7.98. The van der Waals surface area contributed by atoms with Gasteiger partial charge in [-0.1, -0.05) is 44.2 Å². The number of aromatic amines is 1. The maximum atomic E-state index is 12.9. The fourth-order valence-electron chi connectivity index (χ4n) is 3.38. The number of hydrogen-bond donors (Lipinski definition) is 1. The predicted octanol–water partition coefficient (Wildman–Crippen LogP) is 4.16. The number of methoxy groups -OCH3 is 1. The van der Waals surface area contributed by atoms with Crippen molar-refractivity contribution in [2.24, 2.45) is 5.92 Å². The van der Waals surface area contributed by atoms with Crippen LogP contribution < -0.4 is 10.3 Å². The lowest BCUT2D eigenvalue weighted by Gasteiger charge is -2.09. The molecule has 4 rings (SSSR count). The first-order valence-corrected chi connectivity index (χ1v) is 11.9. The van der Waals surface area contributed by atoms with Gasteiger partial charge in [0.15, 0.2) is 0 Å². The topological polar surface area (TPSA) is 98.6 Å². The number of aromatic nitrogens is 6. The van der Waals surface area contributed by atoms with Gasteiger partial charge in [-0.15, -0.1) is 16.4 Å². The number of benzene rings is 1. The van der Waals surface area contributed by atoms with Crippen LogP contribution in [0.4, 0.5) is 0 Å². The molecule has 0 bridgehead atoms. The van der Waals surface area contributed by atoms with E-state index in [0.717, 1.165) is 34.3 Å². The molecule has 0 radical (unpaired) electrons. The molecule has 4 aromatic rings. The number of thioether (sulfide) groups is 1. The molecule has 0 amide bonds. The van der Waals surface area contributed by atoms with E-state index in [0.29, 0.717) is 28.4 Å². The van der Waals surface area contributed by atoms with Crippen LogP contribution >= 0.6 is 23.1 Å². The average Bonchev–Trinajstić information content (AvgIpc) is 3.36. The highest BCUT2D eigenvalue weighted by Crippen LogP contribution is 2.31.